The van der Waals surface area contributed by atoms with Crippen LogP contribution in [0.1, 0.15) is 53.6 Å². The predicted octanol–water partition coefficient (Wildman–Crippen LogP) is 4.77. The summed E-state index contributed by atoms with van der Waals surface area (Å²) in [6.07, 6.45) is 2.53. The maximum Gasteiger partial charge on any atom is 0.253 e. The highest BCUT2D eigenvalue weighted by atomic mass is 35.5. The number of carbonyl (C=O) groups is 2. The molecule has 0 radical (unpaired) electrons. The molecule has 1 N–H and O–H groups in total. The third-order valence-electron chi connectivity index (χ3n) is 7.34. The normalized spacial score (nSPS) is 20.9. The van der Waals surface area contributed by atoms with Gasteiger partial charge in [-0.1, -0.05) is 11.6 Å². The number of amides is 2. The van der Waals surface area contributed by atoms with Gasteiger partial charge in [-0.15, -0.1) is 0 Å². The van der Waals surface area contributed by atoms with Gasteiger partial charge in [-0.25, -0.2) is 4.39 Å². The Morgan fingerprint density at radius 1 is 1.08 bits per heavy atom. The molecule has 2 aliphatic rings. The summed E-state index contributed by atoms with van der Waals surface area (Å²) in [5.74, 6) is 0.138. The van der Waals surface area contributed by atoms with Crippen molar-refractivity contribution in [2.45, 2.75) is 52.1 Å². The van der Waals surface area contributed by atoms with Gasteiger partial charge in [0.05, 0.1) is 12.7 Å². The first-order valence-corrected chi connectivity index (χ1v) is 12.9. The van der Waals surface area contributed by atoms with Gasteiger partial charge in [-0.05, 0) is 87.1 Å². The molecule has 6 nitrogen and oxygen atoms in total. The molecule has 2 fully saturated rings. The Balaban J connectivity index is 1.55. The van der Waals surface area contributed by atoms with Gasteiger partial charge in [0.2, 0.25) is 5.91 Å². The zero-order valence-corrected chi connectivity index (χ0v) is 21.7. The number of benzene rings is 2. The topological polar surface area (TPSA) is 70.1 Å². The van der Waals surface area contributed by atoms with Gasteiger partial charge in [0.15, 0.2) is 0 Å². The quantitative estimate of drug-likeness (QED) is 0.600. The summed E-state index contributed by atoms with van der Waals surface area (Å²) in [6, 6.07) is 9.34. The first-order valence-electron chi connectivity index (χ1n) is 12.6. The van der Waals surface area contributed by atoms with Crippen LogP contribution >= 0.6 is 11.6 Å². The molecule has 2 heterocycles. The number of hydrogen-bond donors (Lipinski definition) is 1. The van der Waals surface area contributed by atoms with Crippen molar-refractivity contribution < 1.29 is 23.8 Å². The van der Waals surface area contributed by atoms with Crippen LogP contribution in [0.4, 0.5) is 4.39 Å². The number of aryl methyl sites for hydroxylation is 2. The Bertz CT molecular complexity index is 1080. The molecule has 8 heteroatoms. The molecule has 2 aliphatic heterocycles. The van der Waals surface area contributed by atoms with Crippen molar-refractivity contribution in [2.75, 3.05) is 32.8 Å². The monoisotopic (exact) mass is 516 g/mol. The molecule has 0 bridgehead atoms. The molecular weight excluding hydrogens is 483 g/mol. The van der Waals surface area contributed by atoms with E-state index in [0.29, 0.717) is 55.4 Å². The smallest absolute Gasteiger partial charge is 0.253 e. The summed E-state index contributed by atoms with van der Waals surface area (Å²) < 4.78 is 19.7. The molecule has 2 aromatic rings. The zero-order valence-electron chi connectivity index (χ0n) is 20.9. The van der Waals surface area contributed by atoms with E-state index in [0.717, 1.165) is 24.0 Å². The SMILES string of the molecule is Cc1cc(OC[C@]2(CC(=O)N3CCC(O)CC3)CCCN(C(=O)c3ccc(F)cc3)C2)cc(C)c1Cl. The number of hydrogen-bond acceptors (Lipinski definition) is 4. The lowest BCUT2D eigenvalue weighted by atomic mass is 9.77. The van der Waals surface area contributed by atoms with Crippen molar-refractivity contribution in [1.82, 2.24) is 9.80 Å². The van der Waals surface area contributed by atoms with E-state index < -0.39 is 11.2 Å². The standard InChI is InChI=1S/C28H34ClFN2O4/c1-19-14-24(15-20(2)26(19)29)36-18-28(16-25(34)31-12-8-23(33)9-13-31)10-3-11-32(17-28)27(35)21-4-6-22(30)7-5-21/h4-7,14-15,23,33H,3,8-13,16-18H2,1-2H3/t28-/m0/s1. The second-order valence-electron chi connectivity index (χ2n) is 10.3. The number of piperidine rings is 2. The summed E-state index contributed by atoms with van der Waals surface area (Å²) in [6.45, 7) is 6.14. The average Bonchev–Trinajstić information content (AvgIpc) is 2.86. The van der Waals surface area contributed by atoms with Gasteiger partial charge in [-0.3, -0.25) is 9.59 Å². The average molecular weight is 517 g/mol. The Morgan fingerprint density at radius 3 is 2.36 bits per heavy atom. The molecule has 2 saturated heterocycles. The lowest BCUT2D eigenvalue weighted by Crippen LogP contribution is -2.51. The van der Waals surface area contributed by atoms with E-state index in [-0.39, 0.29) is 30.9 Å². The van der Waals surface area contributed by atoms with E-state index in [4.69, 9.17) is 16.3 Å². The Labute approximate surface area is 217 Å². The Kier molecular flexibility index (Phi) is 8.20. The van der Waals surface area contributed by atoms with E-state index in [1.807, 2.05) is 30.9 Å². The summed E-state index contributed by atoms with van der Waals surface area (Å²) >= 11 is 6.32. The lowest BCUT2D eigenvalue weighted by Gasteiger charge is -2.43. The molecule has 2 aromatic carbocycles. The third-order valence-corrected chi connectivity index (χ3v) is 7.93. The van der Waals surface area contributed by atoms with Crippen LogP contribution in [0.15, 0.2) is 36.4 Å². The van der Waals surface area contributed by atoms with Crippen molar-refractivity contribution in [3.8, 4) is 5.75 Å². The molecule has 194 valence electrons. The summed E-state index contributed by atoms with van der Waals surface area (Å²) in [4.78, 5) is 30.2. The minimum atomic E-state index is -0.567. The number of nitrogens with zero attached hydrogens (tertiary/aromatic N) is 2. The molecule has 0 aromatic heterocycles. The van der Waals surface area contributed by atoms with Crippen LogP contribution in [-0.4, -0.2) is 65.6 Å². The number of ether oxygens (including phenoxy) is 1. The fraction of sp³-hybridized carbons (Fsp3) is 0.500. The number of rotatable bonds is 6. The lowest BCUT2D eigenvalue weighted by molar-refractivity contribution is -0.137. The van der Waals surface area contributed by atoms with Crippen LogP contribution in [0.2, 0.25) is 5.02 Å². The van der Waals surface area contributed by atoms with Crippen molar-refractivity contribution in [1.29, 1.82) is 0 Å². The molecule has 0 aliphatic carbocycles. The molecule has 0 unspecified atom stereocenters. The van der Waals surface area contributed by atoms with Crippen LogP contribution in [0.25, 0.3) is 0 Å². The van der Waals surface area contributed by atoms with Crippen LogP contribution in [0.3, 0.4) is 0 Å². The number of carbonyl (C=O) groups excluding carboxylic acids is 2. The first-order chi connectivity index (χ1) is 17.2. The second-order valence-corrected chi connectivity index (χ2v) is 10.7. The van der Waals surface area contributed by atoms with Crippen molar-refractivity contribution in [2.24, 2.45) is 5.41 Å². The van der Waals surface area contributed by atoms with Gasteiger partial charge in [0, 0.05) is 48.6 Å². The molecule has 0 spiro atoms. The summed E-state index contributed by atoms with van der Waals surface area (Å²) in [7, 11) is 0. The van der Waals surface area contributed by atoms with E-state index in [2.05, 4.69) is 0 Å². The maximum atomic E-state index is 13.4. The van der Waals surface area contributed by atoms with Crippen LogP contribution < -0.4 is 4.74 Å². The number of aliphatic hydroxyl groups is 1. The number of likely N-dealkylation sites (tertiary alicyclic amines) is 2. The van der Waals surface area contributed by atoms with Crippen molar-refractivity contribution in [3.63, 3.8) is 0 Å². The van der Waals surface area contributed by atoms with Crippen molar-refractivity contribution in [3.05, 3.63) is 63.9 Å². The zero-order chi connectivity index (χ0) is 25.9. The summed E-state index contributed by atoms with van der Waals surface area (Å²) in [5, 5.41) is 10.5. The van der Waals surface area contributed by atoms with Crippen LogP contribution in [0.5, 0.6) is 5.75 Å². The highest BCUT2D eigenvalue weighted by molar-refractivity contribution is 6.32. The van der Waals surface area contributed by atoms with Gasteiger partial charge in [0.25, 0.3) is 5.91 Å². The minimum absolute atomic E-state index is 0.0186. The van der Waals surface area contributed by atoms with E-state index >= 15 is 0 Å². The third kappa shape index (κ3) is 6.19. The van der Waals surface area contributed by atoms with Crippen LogP contribution in [0, 0.1) is 25.1 Å². The number of halogens is 2. The van der Waals surface area contributed by atoms with Gasteiger partial charge in [-0.2, -0.15) is 0 Å². The Hall–Kier alpha value is -2.64. The predicted molar refractivity (Wildman–Crippen MR) is 137 cm³/mol. The summed E-state index contributed by atoms with van der Waals surface area (Å²) in [5.41, 5.74) is 1.69. The van der Waals surface area contributed by atoms with E-state index in [1.54, 1.807) is 4.90 Å². The highest BCUT2D eigenvalue weighted by Gasteiger charge is 2.41. The van der Waals surface area contributed by atoms with Gasteiger partial charge < -0.3 is 19.6 Å². The highest BCUT2D eigenvalue weighted by Crippen LogP contribution is 2.37. The first kappa shape index (κ1) is 26.4. The number of aliphatic hydroxyl groups excluding tert-OH is 1. The molecule has 1 atom stereocenters. The fourth-order valence-electron chi connectivity index (χ4n) is 5.24. The molecular formula is C28H34ClFN2O4. The van der Waals surface area contributed by atoms with Gasteiger partial charge in [0.1, 0.15) is 11.6 Å². The molecule has 4 rings (SSSR count). The van der Waals surface area contributed by atoms with Crippen LogP contribution in [-0.2, 0) is 4.79 Å². The molecule has 0 saturated carbocycles. The molecule has 36 heavy (non-hydrogen) atoms. The van der Waals surface area contributed by atoms with Gasteiger partial charge >= 0.3 is 0 Å². The molecule has 2 amide bonds. The van der Waals surface area contributed by atoms with Crippen molar-refractivity contribution >= 4 is 23.4 Å². The van der Waals surface area contributed by atoms with E-state index in [9.17, 15) is 19.1 Å². The Morgan fingerprint density at radius 2 is 1.72 bits per heavy atom. The fourth-order valence-corrected chi connectivity index (χ4v) is 5.35. The maximum absolute atomic E-state index is 13.4. The second kappa shape index (κ2) is 11.2. The van der Waals surface area contributed by atoms with E-state index in [1.165, 1.54) is 24.3 Å². The largest absolute Gasteiger partial charge is 0.493 e. The minimum Gasteiger partial charge on any atom is -0.493 e.